The average Bonchev–Trinajstić information content (AvgIpc) is 2.69. The Bertz CT molecular complexity index is 521. The molecule has 0 N–H and O–H groups in total. The maximum atomic E-state index is 11.8. The first-order valence-corrected chi connectivity index (χ1v) is 7.91. The second kappa shape index (κ2) is 5.37. The summed E-state index contributed by atoms with van der Waals surface area (Å²) in [5.41, 5.74) is 0. The maximum Gasteiger partial charge on any atom is 0.434 e. The van der Waals surface area contributed by atoms with Crippen LogP contribution in [0.3, 0.4) is 0 Å². The third kappa shape index (κ3) is 3.07. The average molecular weight is 305 g/mol. The van der Waals surface area contributed by atoms with Gasteiger partial charge in [0.15, 0.2) is 0 Å². The van der Waals surface area contributed by atoms with Gasteiger partial charge in [0.25, 0.3) is 11.8 Å². The van der Waals surface area contributed by atoms with Crippen LogP contribution in [0.15, 0.2) is 0 Å². The molecule has 10 heteroatoms. The van der Waals surface area contributed by atoms with E-state index in [0.29, 0.717) is 5.06 Å². The van der Waals surface area contributed by atoms with E-state index >= 15 is 0 Å². The van der Waals surface area contributed by atoms with E-state index in [4.69, 9.17) is 4.84 Å². The van der Waals surface area contributed by atoms with E-state index in [1.54, 1.807) is 0 Å². The molecular formula is C10H15N3O6S. The lowest BCUT2D eigenvalue weighted by Gasteiger charge is -2.32. The Morgan fingerprint density at radius 3 is 2.00 bits per heavy atom. The summed E-state index contributed by atoms with van der Waals surface area (Å²) in [6.07, 6.45) is 0.353. The van der Waals surface area contributed by atoms with Crippen LogP contribution < -0.4 is 0 Å². The van der Waals surface area contributed by atoms with Crippen molar-refractivity contribution in [3.8, 4) is 0 Å². The fraction of sp³-hybridized carbons (Fsp3) is 0.700. The van der Waals surface area contributed by atoms with Crippen LogP contribution in [0.2, 0.25) is 0 Å². The van der Waals surface area contributed by atoms with Crippen LogP contribution in [0.25, 0.3) is 0 Å². The first-order chi connectivity index (χ1) is 9.29. The zero-order chi connectivity index (χ0) is 14.9. The minimum atomic E-state index is -3.28. The van der Waals surface area contributed by atoms with Gasteiger partial charge in [0, 0.05) is 39.0 Å². The molecule has 2 aliphatic heterocycles. The predicted octanol–water partition coefficient (Wildman–Crippen LogP) is -1.24. The number of hydrogen-bond acceptors (Lipinski definition) is 6. The van der Waals surface area contributed by atoms with Crippen LogP contribution in [0, 0.1) is 0 Å². The predicted molar refractivity (Wildman–Crippen MR) is 65.6 cm³/mol. The van der Waals surface area contributed by atoms with Crippen molar-refractivity contribution in [3.05, 3.63) is 0 Å². The van der Waals surface area contributed by atoms with Crippen molar-refractivity contribution >= 4 is 27.9 Å². The Kier molecular flexibility index (Phi) is 3.95. The van der Waals surface area contributed by atoms with Gasteiger partial charge in [0.05, 0.1) is 6.26 Å². The van der Waals surface area contributed by atoms with E-state index in [1.165, 1.54) is 9.21 Å². The Morgan fingerprint density at radius 2 is 1.55 bits per heavy atom. The standard InChI is InChI=1S/C10H15N3O6S/c1-20(17,18)12-6-4-11(5-7-12)10(16)19-13-8(14)2-3-9(13)15/h2-7H2,1H3. The first kappa shape index (κ1) is 14.7. The molecule has 2 rings (SSSR count). The lowest BCUT2D eigenvalue weighted by Crippen LogP contribution is -2.51. The number of hydrogen-bond donors (Lipinski definition) is 0. The van der Waals surface area contributed by atoms with Crippen molar-refractivity contribution in [2.75, 3.05) is 32.4 Å². The molecule has 0 atom stereocenters. The second-order valence-electron chi connectivity index (χ2n) is 4.59. The quantitative estimate of drug-likeness (QED) is 0.591. The van der Waals surface area contributed by atoms with Gasteiger partial charge in [-0.25, -0.2) is 13.2 Å². The molecule has 2 aliphatic rings. The molecule has 0 aromatic rings. The number of carbonyl (C=O) groups excluding carboxylic acids is 3. The van der Waals surface area contributed by atoms with Gasteiger partial charge in [-0.2, -0.15) is 4.31 Å². The van der Waals surface area contributed by atoms with Gasteiger partial charge in [-0.15, -0.1) is 5.06 Å². The number of carbonyl (C=O) groups is 3. The van der Waals surface area contributed by atoms with Crippen molar-refractivity contribution in [3.63, 3.8) is 0 Å². The van der Waals surface area contributed by atoms with Crippen molar-refractivity contribution < 1.29 is 27.6 Å². The fourth-order valence-electron chi connectivity index (χ4n) is 2.00. The maximum absolute atomic E-state index is 11.8. The number of piperazine rings is 1. The number of rotatable bonds is 2. The highest BCUT2D eigenvalue weighted by Crippen LogP contribution is 2.14. The summed E-state index contributed by atoms with van der Waals surface area (Å²) in [5, 5.41) is 0.477. The zero-order valence-electron chi connectivity index (χ0n) is 10.9. The third-order valence-corrected chi connectivity index (χ3v) is 4.44. The molecule has 2 fully saturated rings. The molecule has 20 heavy (non-hydrogen) atoms. The summed E-state index contributed by atoms with van der Waals surface area (Å²) in [4.78, 5) is 40.4. The van der Waals surface area contributed by atoms with Crippen LogP contribution in [-0.4, -0.2) is 73.0 Å². The van der Waals surface area contributed by atoms with E-state index in [1.807, 2.05) is 0 Å². The highest BCUT2D eigenvalue weighted by Gasteiger charge is 2.35. The van der Waals surface area contributed by atoms with Crippen LogP contribution >= 0.6 is 0 Å². The fourth-order valence-corrected chi connectivity index (χ4v) is 2.82. The SMILES string of the molecule is CS(=O)(=O)N1CCN(C(=O)ON2C(=O)CCC2=O)CC1. The second-order valence-corrected chi connectivity index (χ2v) is 6.57. The molecule has 0 spiro atoms. The summed E-state index contributed by atoms with van der Waals surface area (Å²) in [7, 11) is -3.28. The molecule has 2 heterocycles. The molecule has 3 amide bonds. The molecule has 0 saturated carbocycles. The number of hydroxylamine groups is 2. The van der Waals surface area contributed by atoms with Gasteiger partial charge in [0.2, 0.25) is 10.0 Å². The van der Waals surface area contributed by atoms with E-state index in [9.17, 15) is 22.8 Å². The molecule has 0 bridgehead atoms. The molecule has 2 saturated heterocycles. The monoisotopic (exact) mass is 305 g/mol. The summed E-state index contributed by atoms with van der Waals surface area (Å²) in [5.74, 6) is -1.09. The van der Waals surface area contributed by atoms with Gasteiger partial charge in [0.1, 0.15) is 0 Å². The molecule has 0 aliphatic carbocycles. The third-order valence-electron chi connectivity index (χ3n) is 3.14. The minimum absolute atomic E-state index is 0.0357. The molecule has 9 nitrogen and oxygen atoms in total. The largest absolute Gasteiger partial charge is 0.434 e. The topological polar surface area (TPSA) is 104 Å². The number of nitrogens with zero attached hydrogens (tertiary/aromatic N) is 3. The molecular weight excluding hydrogens is 290 g/mol. The van der Waals surface area contributed by atoms with Crippen LogP contribution in [0.4, 0.5) is 4.79 Å². The Labute approximate surface area is 116 Å². The van der Waals surface area contributed by atoms with E-state index < -0.39 is 27.9 Å². The van der Waals surface area contributed by atoms with Gasteiger partial charge >= 0.3 is 6.09 Å². The number of amides is 3. The van der Waals surface area contributed by atoms with Crippen molar-refractivity contribution in [2.45, 2.75) is 12.8 Å². The smallest absolute Gasteiger partial charge is 0.311 e. The molecule has 112 valence electrons. The molecule has 0 radical (unpaired) electrons. The van der Waals surface area contributed by atoms with Crippen molar-refractivity contribution in [2.24, 2.45) is 0 Å². The van der Waals surface area contributed by atoms with Gasteiger partial charge in [-0.3, -0.25) is 9.59 Å². The van der Waals surface area contributed by atoms with E-state index in [2.05, 4.69) is 0 Å². The van der Waals surface area contributed by atoms with Crippen LogP contribution in [0.1, 0.15) is 12.8 Å². The van der Waals surface area contributed by atoms with Crippen LogP contribution in [0.5, 0.6) is 0 Å². The molecule has 0 aromatic carbocycles. The Balaban J connectivity index is 1.89. The summed E-state index contributed by atoms with van der Waals surface area (Å²) >= 11 is 0. The molecule has 0 aromatic heterocycles. The lowest BCUT2D eigenvalue weighted by molar-refractivity contribution is -0.173. The van der Waals surface area contributed by atoms with Gasteiger partial charge in [-0.1, -0.05) is 0 Å². The van der Waals surface area contributed by atoms with E-state index in [0.717, 1.165) is 6.26 Å². The number of sulfonamides is 1. The van der Waals surface area contributed by atoms with Gasteiger partial charge in [-0.05, 0) is 0 Å². The summed E-state index contributed by atoms with van der Waals surface area (Å²) < 4.78 is 23.9. The van der Waals surface area contributed by atoms with Gasteiger partial charge < -0.3 is 9.74 Å². The normalized spacial score (nSPS) is 21.4. The molecule has 0 unspecified atom stereocenters. The zero-order valence-corrected chi connectivity index (χ0v) is 11.8. The Morgan fingerprint density at radius 1 is 1.05 bits per heavy atom. The number of imide groups is 1. The minimum Gasteiger partial charge on any atom is -0.311 e. The Hall–Kier alpha value is -1.68. The highest BCUT2D eigenvalue weighted by molar-refractivity contribution is 7.88. The van der Waals surface area contributed by atoms with Crippen molar-refractivity contribution in [1.82, 2.24) is 14.3 Å². The highest BCUT2D eigenvalue weighted by atomic mass is 32.2. The van der Waals surface area contributed by atoms with Crippen molar-refractivity contribution in [1.29, 1.82) is 0 Å². The summed E-state index contributed by atoms with van der Waals surface area (Å²) in [6.45, 7) is 0.635. The van der Waals surface area contributed by atoms with E-state index in [-0.39, 0.29) is 39.0 Å². The van der Waals surface area contributed by atoms with Crippen LogP contribution in [-0.2, 0) is 24.4 Å². The summed E-state index contributed by atoms with van der Waals surface area (Å²) in [6, 6.07) is 0. The first-order valence-electron chi connectivity index (χ1n) is 6.07. The lowest BCUT2D eigenvalue weighted by atomic mass is 10.4.